The normalized spacial score (nSPS) is 10.4. The molecule has 0 bridgehead atoms. The number of hydrogen-bond donors (Lipinski definition) is 1. The molecule has 3 aromatic rings. The number of rotatable bonds is 4. The number of nitrogens with zero attached hydrogens (tertiary/aromatic N) is 1. The van der Waals surface area contributed by atoms with Gasteiger partial charge in [-0.2, -0.15) is 0 Å². The van der Waals surface area contributed by atoms with Crippen molar-refractivity contribution in [3.63, 3.8) is 0 Å². The fourth-order valence-corrected chi connectivity index (χ4v) is 2.39. The first-order valence-electron chi connectivity index (χ1n) is 7.65. The summed E-state index contributed by atoms with van der Waals surface area (Å²) < 4.78 is 5.81. The lowest BCUT2D eigenvalue weighted by atomic mass is 10.1. The van der Waals surface area contributed by atoms with Crippen molar-refractivity contribution in [2.45, 2.75) is 13.8 Å². The summed E-state index contributed by atoms with van der Waals surface area (Å²) in [6.07, 6.45) is 0. The highest BCUT2D eigenvalue weighted by Crippen LogP contribution is 2.27. The molecule has 1 amide bonds. The van der Waals surface area contributed by atoms with Crippen LogP contribution in [0.4, 0.5) is 0 Å². The Morgan fingerprint density at radius 3 is 2.38 bits per heavy atom. The molecule has 0 saturated heterocycles. The fourth-order valence-electron chi connectivity index (χ4n) is 2.39. The smallest absolute Gasteiger partial charge is 0.254 e. The summed E-state index contributed by atoms with van der Waals surface area (Å²) in [5, 5.41) is 0. The van der Waals surface area contributed by atoms with Crippen molar-refractivity contribution in [2.24, 2.45) is 5.73 Å². The third-order valence-electron chi connectivity index (χ3n) is 3.68. The zero-order valence-electron chi connectivity index (χ0n) is 13.6. The van der Waals surface area contributed by atoms with Crippen molar-refractivity contribution >= 4 is 5.91 Å². The van der Waals surface area contributed by atoms with Crippen molar-refractivity contribution in [1.82, 2.24) is 4.98 Å². The van der Waals surface area contributed by atoms with Crippen LogP contribution in [0.25, 0.3) is 11.3 Å². The van der Waals surface area contributed by atoms with Gasteiger partial charge in [-0.25, -0.2) is 4.98 Å². The maximum absolute atomic E-state index is 11.7. The van der Waals surface area contributed by atoms with Crippen LogP contribution < -0.4 is 10.5 Å². The summed E-state index contributed by atoms with van der Waals surface area (Å²) in [6, 6.07) is 18.9. The molecule has 120 valence electrons. The van der Waals surface area contributed by atoms with Crippen LogP contribution in [0.15, 0.2) is 60.7 Å². The van der Waals surface area contributed by atoms with Gasteiger partial charge in [0.1, 0.15) is 11.3 Å². The molecule has 1 aromatic heterocycles. The molecule has 0 saturated carbocycles. The first kappa shape index (κ1) is 15.7. The van der Waals surface area contributed by atoms with E-state index < -0.39 is 5.91 Å². The molecule has 0 spiro atoms. The molecule has 24 heavy (non-hydrogen) atoms. The van der Waals surface area contributed by atoms with Crippen molar-refractivity contribution in [3.8, 4) is 22.9 Å². The zero-order valence-corrected chi connectivity index (χ0v) is 13.6. The van der Waals surface area contributed by atoms with Gasteiger partial charge in [0.15, 0.2) is 0 Å². The number of amides is 1. The quantitative estimate of drug-likeness (QED) is 0.782. The Morgan fingerprint density at radius 1 is 0.958 bits per heavy atom. The monoisotopic (exact) mass is 318 g/mol. The van der Waals surface area contributed by atoms with E-state index in [4.69, 9.17) is 10.5 Å². The minimum Gasteiger partial charge on any atom is -0.438 e. The third-order valence-corrected chi connectivity index (χ3v) is 3.68. The van der Waals surface area contributed by atoms with E-state index in [1.165, 1.54) is 0 Å². The number of aryl methyl sites for hydroxylation is 2. The Balaban J connectivity index is 2.03. The molecule has 0 aliphatic heterocycles. The van der Waals surface area contributed by atoms with Crippen LogP contribution in [0.3, 0.4) is 0 Å². The second-order valence-electron chi connectivity index (χ2n) is 5.70. The Labute approximate surface area is 140 Å². The number of carbonyl (C=O) groups is 1. The van der Waals surface area contributed by atoms with E-state index in [2.05, 4.69) is 4.98 Å². The summed E-state index contributed by atoms with van der Waals surface area (Å²) in [5.74, 6) is 0.253. The van der Waals surface area contributed by atoms with Gasteiger partial charge < -0.3 is 10.5 Å². The summed E-state index contributed by atoms with van der Waals surface area (Å²) in [6.45, 7) is 4.01. The summed E-state index contributed by atoms with van der Waals surface area (Å²) in [5.41, 5.74) is 9.65. The van der Waals surface area contributed by atoms with Crippen LogP contribution in [0.1, 0.15) is 21.5 Å². The molecule has 0 aliphatic carbocycles. The standard InChI is InChI=1S/C20H18N2O2/c1-13-6-8-16(9-7-13)24-20-17(19(21)23)10-11-18(22-20)15-5-3-4-14(2)12-15/h3-12H,1-2H3,(H2,21,23). The third kappa shape index (κ3) is 3.43. The van der Waals surface area contributed by atoms with Crippen molar-refractivity contribution in [3.05, 3.63) is 77.4 Å². The lowest BCUT2D eigenvalue weighted by Crippen LogP contribution is -2.13. The maximum Gasteiger partial charge on any atom is 0.254 e. The van der Waals surface area contributed by atoms with Crippen molar-refractivity contribution in [1.29, 1.82) is 0 Å². The largest absolute Gasteiger partial charge is 0.438 e. The Kier molecular flexibility index (Phi) is 4.29. The first-order valence-corrected chi connectivity index (χ1v) is 7.65. The van der Waals surface area contributed by atoms with Gasteiger partial charge in [-0.1, -0.05) is 41.5 Å². The van der Waals surface area contributed by atoms with Crippen LogP contribution in [-0.2, 0) is 0 Å². The summed E-state index contributed by atoms with van der Waals surface area (Å²) in [4.78, 5) is 16.2. The highest BCUT2D eigenvalue weighted by atomic mass is 16.5. The van der Waals surface area contributed by atoms with E-state index in [0.29, 0.717) is 5.75 Å². The first-order chi connectivity index (χ1) is 11.5. The number of pyridine rings is 1. The molecule has 0 unspecified atom stereocenters. The van der Waals surface area contributed by atoms with Crippen molar-refractivity contribution < 1.29 is 9.53 Å². The predicted octanol–water partition coefficient (Wildman–Crippen LogP) is 4.26. The minimum absolute atomic E-state index is 0.213. The second-order valence-corrected chi connectivity index (χ2v) is 5.70. The maximum atomic E-state index is 11.7. The van der Waals surface area contributed by atoms with Crippen LogP contribution >= 0.6 is 0 Å². The van der Waals surface area contributed by atoms with Gasteiger partial charge in [-0.3, -0.25) is 4.79 Å². The lowest BCUT2D eigenvalue weighted by molar-refractivity contribution is 0.0997. The van der Waals surface area contributed by atoms with Gasteiger partial charge in [0.25, 0.3) is 5.91 Å². The van der Waals surface area contributed by atoms with Gasteiger partial charge in [0, 0.05) is 5.56 Å². The molecule has 4 heteroatoms. The average molecular weight is 318 g/mol. The molecule has 3 rings (SSSR count). The lowest BCUT2D eigenvalue weighted by Gasteiger charge is -2.11. The topological polar surface area (TPSA) is 65.2 Å². The van der Waals surface area contributed by atoms with E-state index in [1.54, 1.807) is 12.1 Å². The molecule has 1 heterocycles. The van der Waals surface area contributed by atoms with Crippen LogP contribution in [0, 0.1) is 13.8 Å². The number of hydrogen-bond acceptors (Lipinski definition) is 3. The highest BCUT2D eigenvalue weighted by molar-refractivity contribution is 5.95. The second kappa shape index (κ2) is 6.54. The zero-order chi connectivity index (χ0) is 17.1. The number of nitrogens with two attached hydrogens (primary N) is 1. The Hall–Kier alpha value is -3.14. The molecular formula is C20H18N2O2. The summed E-state index contributed by atoms with van der Waals surface area (Å²) in [7, 11) is 0. The number of primary amides is 1. The van der Waals surface area contributed by atoms with E-state index >= 15 is 0 Å². The van der Waals surface area contributed by atoms with Crippen molar-refractivity contribution in [2.75, 3.05) is 0 Å². The molecule has 2 N–H and O–H groups in total. The van der Waals surface area contributed by atoms with E-state index in [-0.39, 0.29) is 11.4 Å². The number of benzene rings is 2. The highest BCUT2D eigenvalue weighted by Gasteiger charge is 2.14. The molecule has 0 atom stereocenters. The van der Waals surface area contributed by atoms with Gasteiger partial charge in [0.05, 0.1) is 5.69 Å². The Morgan fingerprint density at radius 2 is 1.71 bits per heavy atom. The minimum atomic E-state index is -0.569. The van der Waals surface area contributed by atoms with E-state index in [1.807, 2.05) is 62.4 Å². The molecular weight excluding hydrogens is 300 g/mol. The van der Waals surface area contributed by atoms with Gasteiger partial charge in [-0.05, 0) is 44.2 Å². The SMILES string of the molecule is Cc1ccc(Oc2nc(-c3cccc(C)c3)ccc2C(N)=O)cc1. The number of carbonyl (C=O) groups excluding carboxylic acids is 1. The molecule has 0 aliphatic rings. The van der Waals surface area contributed by atoms with Crippen LogP contribution in [0.5, 0.6) is 11.6 Å². The van der Waals surface area contributed by atoms with Crippen LogP contribution in [-0.4, -0.2) is 10.9 Å². The number of ether oxygens (including phenoxy) is 1. The molecule has 0 fully saturated rings. The number of aromatic nitrogens is 1. The predicted molar refractivity (Wildman–Crippen MR) is 94.2 cm³/mol. The summed E-state index contributed by atoms with van der Waals surface area (Å²) >= 11 is 0. The van der Waals surface area contributed by atoms with Gasteiger partial charge >= 0.3 is 0 Å². The molecule has 0 radical (unpaired) electrons. The van der Waals surface area contributed by atoms with E-state index in [0.717, 1.165) is 22.4 Å². The van der Waals surface area contributed by atoms with Crippen LogP contribution in [0.2, 0.25) is 0 Å². The molecule has 4 nitrogen and oxygen atoms in total. The van der Waals surface area contributed by atoms with Gasteiger partial charge in [0.2, 0.25) is 5.88 Å². The average Bonchev–Trinajstić information content (AvgIpc) is 2.57. The van der Waals surface area contributed by atoms with Gasteiger partial charge in [-0.15, -0.1) is 0 Å². The molecule has 2 aromatic carbocycles. The Bertz CT molecular complexity index is 886. The fraction of sp³-hybridized carbons (Fsp3) is 0.100. The van der Waals surface area contributed by atoms with E-state index in [9.17, 15) is 4.79 Å².